The van der Waals surface area contributed by atoms with E-state index in [0.717, 1.165) is 23.7 Å². The summed E-state index contributed by atoms with van der Waals surface area (Å²) in [6.45, 7) is 5.25. The fourth-order valence-electron chi connectivity index (χ4n) is 2.13. The molecule has 1 nitrogen and oxygen atoms in total. The summed E-state index contributed by atoms with van der Waals surface area (Å²) in [6, 6.07) is 5.68. The van der Waals surface area contributed by atoms with Crippen LogP contribution in [0.25, 0.3) is 0 Å². The number of benzene rings is 1. The molecule has 1 fully saturated rings. The summed E-state index contributed by atoms with van der Waals surface area (Å²) in [6.07, 6.45) is 2.59. The zero-order chi connectivity index (χ0) is 12.4. The normalized spacial score (nSPS) is 15.4. The zero-order valence-electron chi connectivity index (χ0n) is 10.4. The maximum absolute atomic E-state index is 14.1. The number of halogens is 2. The Morgan fingerprint density at radius 3 is 2.65 bits per heavy atom. The predicted molar refractivity (Wildman–Crippen MR) is 74.2 cm³/mol. The van der Waals surface area contributed by atoms with Crippen LogP contribution in [0.2, 0.25) is 0 Å². The first-order valence-corrected chi connectivity index (χ1v) is 7.35. The van der Waals surface area contributed by atoms with Crippen molar-refractivity contribution < 1.29 is 4.39 Å². The highest BCUT2D eigenvalue weighted by Crippen LogP contribution is 2.35. The van der Waals surface area contributed by atoms with Gasteiger partial charge in [0.05, 0.1) is 5.69 Å². The predicted octanol–water partition coefficient (Wildman–Crippen LogP) is 4.35. The molecule has 0 radical (unpaired) electrons. The molecule has 17 heavy (non-hydrogen) atoms. The van der Waals surface area contributed by atoms with Crippen molar-refractivity contribution in [3.8, 4) is 0 Å². The van der Waals surface area contributed by atoms with Gasteiger partial charge in [0.25, 0.3) is 0 Å². The third kappa shape index (κ3) is 3.01. The molecule has 3 heteroatoms. The highest BCUT2D eigenvalue weighted by Gasteiger charge is 2.27. The Balaban J connectivity index is 2.32. The van der Waals surface area contributed by atoms with Gasteiger partial charge in [-0.3, -0.25) is 0 Å². The molecule has 0 unspecified atom stereocenters. The minimum absolute atomic E-state index is 0.101. The van der Waals surface area contributed by atoms with Crippen molar-refractivity contribution >= 4 is 21.6 Å². The Morgan fingerprint density at radius 2 is 2.12 bits per heavy atom. The van der Waals surface area contributed by atoms with E-state index in [-0.39, 0.29) is 5.82 Å². The first kappa shape index (κ1) is 12.9. The van der Waals surface area contributed by atoms with Gasteiger partial charge in [0, 0.05) is 17.9 Å². The van der Waals surface area contributed by atoms with E-state index in [4.69, 9.17) is 0 Å². The number of para-hydroxylation sites is 1. The number of alkyl halides is 1. The Labute approximate surface area is 111 Å². The van der Waals surface area contributed by atoms with E-state index in [9.17, 15) is 4.39 Å². The van der Waals surface area contributed by atoms with E-state index in [1.165, 1.54) is 12.8 Å². The van der Waals surface area contributed by atoms with Gasteiger partial charge in [-0.15, -0.1) is 0 Å². The topological polar surface area (TPSA) is 3.24 Å². The molecule has 1 aromatic carbocycles. The molecule has 0 saturated heterocycles. The van der Waals surface area contributed by atoms with Gasteiger partial charge in [-0.25, -0.2) is 4.39 Å². The Hall–Kier alpha value is -0.570. The Bertz CT molecular complexity index is 388. The second kappa shape index (κ2) is 5.38. The van der Waals surface area contributed by atoms with Gasteiger partial charge >= 0.3 is 0 Å². The second-order valence-corrected chi connectivity index (χ2v) is 5.63. The molecule has 0 N–H and O–H groups in total. The molecule has 0 atom stereocenters. The number of anilines is 1. The number of nitrogens with zero attached hydrogens (tertiary/aromatic N) is 1. The summed E-state index contributed by atoms with van der Waals surface area (Å²) in [7, 11) is 0. The monoisotopic (exact) mass is 299 g/mol. The average molecular weight is 300 g/mol. The van der Waals surface area contributed by atoms with Crippen molar-refractivity contribution in [2.24, 2.45) is 5.92 Å². The van der Waals surface area contributed by atoms with Crippen LogP contribution in [0.5, 0.6) is 0 Å². The molecule has 0 heterocycles. The van der Waals surface area contributed by atoms with Crippen molar-refractivity contribution in [1.82, 2.24) is 0 Å². The van der Waals surface area contributed by atoms with Crippen molar-refractivity contribution in [2.45, 2.75) is 38.1 Å². The summed E-state index contributed by atoms with van der Waals surface area (Å²) in [4.78, 5) is 2.21. The molecule has 0 bridgehead atoms. The highest BCUT2D eigenvalue weighted by atomic mass is 79.9. The van der Waals surface area contributed by atoms with E-state index < -0.39 is 0 Å². The van der Waals surface area contributed by atoms with Crippen molar-refractivity contribution in [3.05, 3.63) is 29.6 Å². The molecule has 94 valence electrons. The van der Waals surface area contributed by atoms with Crippen LogP contribution in [0.4, 0.5) is 10.1 Å². The molecular formula is C14H19BrFN. The van der Waals surface area contributed by atoms with Gasteiger partial charge < -0.3 is 4.90 Å². The molecule has 0 amide bonds. The molecule has 1 saturated carbocycles. The lowest BCUT2D eigenvalue weighted by Gasteiger charge is -2.31. The largest absolute Gasteiger partial charge is 0.366 e. The van der Waals surface area contributed by atoms with Gasteiger partial charge in [0.15, 0.2) is 0 Å². The molecule has 1 aliphatic rings. The molecular weight excluding hydrogens is 281 g/mol. The van der Waals surface area contributed by atoms with E-state index in [1.54, 1.807) is 12.1 Å². The smallest absolute Gasteiger partial charge is 0.146 e. The maximum Gasteiger partial charge on any atom is 0.146 e. The summed E-state index contributed by atoms with van der Waals surface area (Å²) < 4.78 is 14.1. The molecule has 2 rings (SSSR count). The third-order valence-corrected chi connectivity index (χ3v) is 3.88. The van der Waals surface area contributed by atoms with E-state index >= 15 is 0 Å². The molecule has 0 aromatic heterocycles. The lowest BCUT2D eigenvalue weighted by Crippen LogP contribution is -2.34. The van der Waals surface area contributed by atoms with E-state index in [0.29, 0.717) is 11.4 Å². The van der Waals surface area contributed by atoms with Gasteiger partial charge in [-0.2, -0.15) is 0 Å². The van der Waals surface area contributed by atoms with Gasteiger partial charge in [-0.1, -0.05) is 28.1 Å². The quantitative estimate of drug-likeness (QED) is 0.731. The Kier molecular flexibility index (Phi) is 4.08. The van der Waals surface area contributed by atoms with Gasteiger partial charge in [-0.05, 0) is 44.2 Å². The number of hydrogen-bond acceptors (Lipinski definition) is 1. The summed E-state index contributed by atoms with van der Waals surface area (Å²) in [5.41, 5.74) is 1.82. The van der Waals surface area contributed by atoms with E-state index in [2.05, 4.69) is 34.7 Å². The molecule has 0 aliphatic heterocycles. The molecule has 1 aliphatic carbocycles. The summed E-state index contributed by atoms with van der Waals surface area (Å²) in [5, 5.41) is 0.702. The number of hydrogen-bond donors (Lipinski definition) is 0. The highest BCUT2D eigenvalue weighted by molar-refractivity contribution is 9.08. The second-order valence-electron chi connectivity index (χ2n) is 5.07. The van der Waals surface area contributed by atoms with Crippen molar-refractivity contribution in [3.63, 3.8) is 0 Å². The third-order valence-electron chi connectivity index (χ3n) is 3.28. The van der Waals surface area contributed by atoms with Crippen LogP contribution in [0.15, 0.2) is 18.2 Å². The first-order valence-electron chi connectivity index (χ1n) is 6.23. The number of rotatable bonds is 5. The van der Waals surface area contributed by atoms with Crippen molar-refractivity contribution in [2.75, 3.05) is 11.4 Å². The van der Waals surface area contributed by atoms with Crippen LogP contribution in [-0.4, -0.2) is 12.6 Å². The minimum atomic E-state index is -0.101. The van der Waals surface area contributed by atoms with E-state index in [1.807, 2.05) is 6.07 Å². The van der Waals surface area contributed by atoms with Gasteiger partial charge in [0.2, 0.25) is 0 Å². The SMILES string of the molecule is CC(C)N(CC1CC1)c1c(F)cccc1CBr. The van der Waals surface area contributed by atoms with Crippen LogP contribution >= 0.6 is 15.9 Å². The summed E-state index contributed by atoms with van der Waals surface area (Å²) >= 11 is 3.45. The summed E-state index contributed by atoms with van der Waals surface area (Å²) in [5.74, 6) is 0.663. The van der Waals surface area contributed by atoms with Crippen LogP contribution in [0.3, 0.4) is 0 Å². The Morgan fingerprint density at radius 1 is 1.41 bits per heavy atom. The van der Waals surface area contributed by atoms with Crippen molar-refractivity contribution in [1.29, 1.82) is 0 Å². The fraction of sp³-hybridized carbons (Fsp3) is 0.571. The lowest BCUT2D eigenvalue weighted by atomic mass is 10.1. The lowest BCUT2D eigenvalue weighted by molar-refractivity contribution is 0.586. The molecule has 1 aromatic rings. The standard InChI is InChI=1S/C14H19BrFN/c1-10(2)17(9-11-6-7-11)14-12(8-15)4-3-5-13(14)16/h3-5,10-11H,6-9H2,1-2H3. The maximum atomic E-state index is 14.1. The first-order chi connectivity index (χ1) is 8.13. The molecule has 0 spiro atoms. The van der Waals surface area contributed by atoms with Gasteiger partial charge in [0.1, 0.15) is 5.82 Å². The minimum Gasteiger partial charge on any atom is -0.366 e. The fourth-order valence-corrected chi connectivity index (χ4v) is 2.58. The van der Waals surface area contributed by atoms with Crippen LogP contribution in [0.1, 0.15) is 32.3 Å². The van der Waals surface area contributed by atoms with Crippen LogP contribution in [-0.2, 0) is 5.33 Å². The average Bonchev–Trinajstić information content (AvgIpc) is 3.09. The van der Waals surface area contributed by atoms with Crippen LogP contribution < -0.4 is 4.90 Å². The zero-order valence-corrected chi connectivity index (χ0v) is 12.0. The van der Waals surface area contributed by atoms with Crippen LogP contribution in [0, 0.1) is 11.7 Å².